The predicted molar refractivity (Wildman–Crippen MR) is 68.9 cm³/mol. The van der Waals surface area contributed by atoms with Crippen LogP contribution in [-0.2, 0) is 16.1 Å². The molecule has 1 aromatic carbocycles. The molecule has 1 rings (SSSR count). The van der Waals surface area contributed by atoms with Gasteiger partial charge in [-0.25, -0.2) is 0 Å². The Morgan fingerprint density at radius 1 is 1.35 bits per heavy atom. The maximum Gasteiger partial charge on any atom is 0.242 e. The van der Waals surface area contributed by atoms with Crippen LogP contribution in [0.15, 0.2) is 24.3 Å². The molecule has 1 atom stereocenters. The monoisotopic (exact) mass is 236 g/mol. The number of carbonyl (C=O) groups is 1. The molecule has 0 aliphatic heterocycles. The van der Waals surface area contributed by atoms with E-state index in [-0.39, 0.29) is 11.9 Å². The maximum absolute atomic E-state index is 11.5. The van der Waals surface area contributed by atoms with Gasteiger partial charge in [-0.1, -0.05) is 12.1 Å². The number of nitrogens with one attached hydrogen (secondary N) is 2. The molecule has 0 saturated carbocycles. The summed E-state index contributed by atoms with van der Waals surface area (Å²) in [5.41, 5.74) is 2.05. The van der Waals surface area contributed by atoms with Gasteiger partial charge in [-0.2, -0.15) is 0 Å². The van der Waals surface area contributed by atoms with E-state index in [1.165, 1.54) is 0 Å². The zero-order chi connectivity index (χ0) is 12.7. The van der Waals surface area contributed by atoms with Crippen LogP contribution in [0.4, 0.5) is 5.69 Å². The Labute approximate surface area is 102 Å². The third kappa shape index (κ3) is 4.44. The lowest BCUT2D eigenvalue weighted by Gasteiger charge is -2.14. The van der Waals surface area contributed by atoms with Crippen molar-refractivity contribution in [3.63, 3.8) is 0 Å². The van der Waals surface area contributed by atoms with Crippen molar-refractivity contribution in [2.24, 2.45) is 0 Å². The van der Waals surface area contributed by atoms with E-state index in [1.807, 2.05) is 38.1 Å². The van der Waals surface area contributed by atoms with Crippen molar-refractivity contribution in [3.05, 3.63) is 29.8 Å². The standard InChI is InChI=1S/C13H20N2O2/c1-4-14-13(16)10(2)15-12-7-5-11(6-8-12)9-17-3/h5-8,10,15H,4,9H2,1-3H3,(H,14,16). The summed E-state index contributed by atoms with van der Waals surface area (Å²) >= 11 is 0. The molecule has 0 radical (unpaired) electrons. The molecule has 1 amide bonds. The molecule has 4 heteroatoms. The first-order valence-corrected chi connectivity index (χ1v) is 5.79. The first-order valence-electron chi connectivity index (χ1n) is 5.79. The summed E-state index contributed by atoms with van der Waals surface area (Å²) in [4.78, 5) is 11.5. The van der Waals surface area contributed by atoms with E-state index in [4.69, 9.17) is 4.74 Å². The lowest BCUT2D eigenvalue weighted by molar-refractivity contribution is -0.121. The van der Waals surface area contributed by atoms with Crippen molar-refractivity contribution < 1.29 is 9.53 Å². The Balaban J connectivity index is 2.53. The van der Waals surface area contributed by atoms with Crippen LogP contribution in [0.25, 0.3) is 0 Å². The van der Waals surface area contributed by atoms with E-state index in [2.05, 4.69) is 10.6 Å². The Bertz CT molecular complexity index is 349. The van der Waals surface area contributed by atoms with Gasteiger partial charge in [0.15, 0.2) is 0 Å². The zero-order valence-corrected chi connectivity index (χ0v) is 10.6. The fourth-order valence-corrected chi connectivity index (χ4v) is 1.51. The van der Waals surface area contributed by atoms with Gasteiger partial charge in [-0.3, -0.25) is 4.79 Å². The molecule has 94 valence electrons. The molecule has 17 heavy (non-hydrogen) atoms. The van der Waals surface area contributed by atoms with Crippen molar-refractivity contribution in [1.82, 2.24) is 5.32 Å². The normalized spacial score (nSPS) is 11.9. The quantitative estimate of drug-likeness (QED) is 0.791. The molecule has 0 heterocycles. The van der Waals surface area contributed by atoms with Crippen LogP contribution in [0.5, 0.6) is 0 Å². The van der Waals surface area contributed by atoms with Gasteiger partial charge in [-0.05, 0) is 31.5 Å². The second kappa shape index (κ2) is 6.91. The second-order valence-corrected chi connectivity index (χ2v) is 3.89. The molecular formula is C13H20N2O2. The zero-order valence-electron chi connectivity index (χ0n) is 10.6. The third-order valence-electron chi connectivity index (χ3n) is 2.39. The van der Waals surface area contributed by atoms with Crippen molar-refractivity contribution in [1.29, 1.82) is 0 Å². The number of methoxy groups -OCH3 is 1. The number of hydrogen-bond acceptors (Lipinski definition) is 3. The molecule has 0 aliphatic rings. The SMILES string of the molecule is CCNC(=O)C(C)Nc1ccc(COC)cc1. The minimum atomic E-state index is -0.233. The lowest BCUT2D eigenvalue weighted by atomic mass is 10.2. The van der Waals surface area contributed by atoms with Gasteiger partial charge in [-0.15, -0.1) is 0 Å². The van der Waals surface area contributed by atoms with E-state index in [0.717, 1.165) is 11.3 Å². The average molecular weight is 236 g/mol. The summed E-state index contributed by atoms with van der Waals surface area (Å²) < 4.78 is 5.03. The van der Waals surface area contributed by atoms with Crippen molar-refractivity contribution in [2.75, 3.05) is 19.0 Å². The third-order valence-corrected chi connectivity index (χ3v) is 2.39. The highest BCUT2D eigenvalue weighted by Crippen LogP contribution is 2.11. The van der Waals surface area contributed by atoms with Gasteiger partial charge < -0.3 is 15.4 Å². The Kier molecular flexibility index (Phi) is 5.49. The fourth-order valence-electron chi connectivity index (χ4n) is 1.51. The molecule has 2 N–H and O–H groups in total. The van der Waals surface area contributed by atoms with Crippen molar-refractivity contribution in [2.45, 2.75) is 26.5 Å². The number of carbonyl (C=O) groups excluding carboxylic acids is 1. The minimum Gasteiger partial charge on any atom is -0.380 e. The van der Waals surface area contributed by atoms with Gasteiger partial charge in [0, 0.05) is 19.3 Å². The summed E-state index contributed by atoms with van der Waals surface area (Å²) in [5, 5.41) is 5.92. The molecular weight excluding hydrogens is 216 g/mol. The largest absolute Gasteiger partial charge is 0.380 e. The number of benzene rings is 1. The topological polar surface area (TPSA) is 50.4 Å². The number of anilines is 1. The summed E-state index contributed by atoms with van der Waals surface area (Å²) in [6, 6.07) is 7.63. The number of ether oxygens (including phenoxy) is 1. The minimum absolute atomic E-state index is 0.00784. The van der Waals surface area contributed by atoms with Gasteiger partial charge >= 0.3 is 0 Å². The first kappa shape index (κ1) is 13.5. The predicted octanol–water partition coefficient (Wildman–Crippen LogP) is 1.77. The van der Waals surface area contributed by atoms with Crippen LogP contribution >= 0.6 is 0 Å². The van der Waals surface area contributed by atoms with Gasteiger partial charge in [0.05, 0.1) is 6.61 Å². The first-order chi connectivity index (χ1) is 8.17. The number of hydrogen-bond donors (Lipinski definition) is 2. The molecule has 4 nitrogen and oxygen atoms in total. The Morgan fingerprint density at radius 2 is 2.00 bits per heavy atom. The molecule has 0 aliphatic carbocycles. The Hall–Kier alpha value is -1.55. The number of likely N-dealkylation sites (N-methyl/N-ethyl adjacent to an activating group) is 1. The maximum atomic E-state index is 11.5. The summed E-state index contributed by atoms with van der Waals surface area (Å²) in [5.74, 6) is 0.00784. The van der Waals surface area contributed by atoms with Crippen LogP contribution in [0.1, 0.15) is 19.4 Å². The molecule has 1 unspecified atom stereocenters. The number of rotatable bonds is 6. The van der Waals surface area contributed by atoms with Crippen molar-refractivity contribution in [3.8, 4) is 0 Å². The molecule has 1 aromatic rings. The summed E-state index contributed by atoms with van der Waals surface area (Å²) in [6.07, 6.45) is 0. The number of amides is 1. The molecule has 0 bridgehead atoms. The van der Waals surface area contributed by atoms with E-state index in [0.29, 0.717) is 13.2 Å². The van der Waals surface area contributed by atoms with Crippen LogP contribution in [0.2, 0.25) is 0 Å². The molecule has 0 fully saturated rings. The van der Waals surface area contributed by atoms with Crippen LogP contribution < -0.4 is 10.6 Å². The van der Waals surface area contributed by atoms with Crippen LogP contribution in [0, 0.1) is 0 Å². The van der Waals surface area contributed by atoms with E-state index < -0.39 is 0 Å². The summed E-state index contributed by atoms with van der Waals surface area (Å²) in [6.45, 7) is 5.00. The van der Waals surface area contributed by atoms with E-state index in [9.17, 15) is 4.79 Å². The fraction of sp³-hybridized carbons (Fsp3) is 0.462. The van der Waals surface area contributed by atoms with E-state index in [1.54, 1.807) is 7.11 Å². The van der Waals surface area contributed by atoms with Crippen LogP contribution in [0.3, 0.4) is 0 Å². The second-order valence-electron chi connectivity index (χ2n) is 3.89. The highest BCUT2D eigenvalue weighted by molar-refractivity contribution is 5.84. The average Bonchev–Trinajstić information content (AvgIpc) is 2.32. The molecule has 0 saturated heterocycles. The van der Waals surface area contributed by atoms with Crippen LogP contribution in [-0.4, -0.2) is 25.6 Å². The van der Waals surface area contributed by atoms with Gasteiger partial charge in [0.1, 0.15) is 6.04 Å². The Morgan fingerprint density at radius 3 is 2.53 bits per heavy atom. The van der Waals surface area contributed by atoms with E-state index >= 15 is 0 Å². The summed E-state index contributed by atoms with van der Waals surface area (Å²) in [7, 11) is 1.67. The molecule has 0 spiro atoms. The van der Waals surface area contributed by atoms with Gasteiger partial charge in [0.2, 0.25) is 5.91 Å². The lowest BCUT2D eigenvalue weighted by Crippen LogP contribution is -2.37. The highest BCUT2D eigenvalue weighted by atomic mass is 16.5. The van der Waals surface area contributed by atoms with Gasteiger partial charge in [0.25, 0.3) is 0 Å². The van der Waals surface area contributed by atoms with Crippen molar-refractivity contribution >= 4 is 11.6 Å². The smallest absolute Gasteiger partial charge is 0.242 e. The highest BCUT2D eigenvalue weighted by Gasteiger charge is 2.10. The molecule has 0 aromatic heterocycles.